The predicted octanol–water partition coefficient (Wildman–Crippen LogP) is 3.65. The van der Waals surface area contributed by atoms with Gasteiger partial charge in [-0.05, 0) is 54.4 Å². The Morgan fingerprint density at radius 3 is 2.50 bits per heavy atom. The monoisotopic (exact) mass is 356 g/mol. The van der Waals surface area contributed by atoms with Crippen LogP contribution in [0.3, 0.4) is 0 Å². The molecule has 0 aromatic heterocycles. The first kappa shape index (κ1) is 19.3. The number of benzene rings is 2. The van der Waals surface area contributed by atoms with Crippen molar-refractivity contribution in [2.24, 2.45) is 5.10 Å². The number of nitrogens with one attached hydrogen (secondary N) is 1. The molecular weight excluding hydrogens is 332 g/mol. The summed E-state index contributed by atoms with van der Waals surface area (Å²) in [6.45, 7) is 2.73. The standard InChI is InChI=1S/C20H24N2O4/c1-4-5-12-26-19-13-15(6-11-18(19)25-3)14-21-22-20(23)16-7-9-17(24-2)10-8-16/h6-11,13-14H,4-5,12H2,1-3H3,(H,22,23)/b21-14-. The number of hydrogen-bond donors (Lipinski definition) is 1. The summed E-state index contributed by atoms with van der Waals surface area (Å²) in [7, 11) is 3.18. The van der Waals surface area contributed by atoms with E-state index in [1.54, 1.807) is 44.7 Å². The average Bonchev–Trinajstić information content (AvgIpc) is 2.68. The van der Waals surface area contributed by atoms with Gasteiger partial charge in [0.05, 0.1) is 27.0 Å². The number of carbonyl (C=O) groups is 1. The molecule has 1 amide bonds. The molecule has 0 saturated heterocycles. The SMILES string of the molecule is CCCCOc1cc(/C=N\NC(=O)c2ccc(OC)cc2)ccc1OC. The number of hydrazone groups is 1. The smallest absolute Gasteiger partial charge is 0.271 e. The third kappa shape index (κ3) is 5.51. The Labute approximate surface area is 153 Å². The van der Waals surface area contributed by atoms with Gasteiger partial charge < -0.3 is 14.2 Å². The maximum Gasteiger partial charge on any atom is 0.271 e. The van der Waals surface area contributed by atoms with Gasteiger partial charge in [0.25, 0.3) is 5.91 Å². The zero-order valence-corrected chi connectivity index (χ0v) is 15.3. The van der Waals surface area contributed by atoms with Crippen molar-refractivity contribution in [2.45, 2.75) is 19.8 Å². The minimum absolute atomic E-state index is 0.295. The summed E-state index contributed by atoms with van der Waals surface area (Å²) < 4.78 is 16.1. The third-order valence-electron chi connectivity index (χ3n) is 3.68. The zero-order valence-electron chi connectivity index (χ0n) is 15.3. The lowest BCUT2D eigenvalue weighted by Crippen LogP contribution is -2.17. The van der Waals surface area contributed by atoms with Crippen LogP contribution in [0.15, 0.2) is 47.6 Å². The topological polar surface area (TPSA) is 69.2 Å². The fraction of sp³-hybridized carbons (Fsp3) is 0.300. The Kier molecular flexibility index (Phi) is 7.49. The Bertz CT molecular complexity index is 742. The van der Waals surface area contributed by atoms with Gasteiger partial charge in [-0.1, -0.05) is 13.3 Å². The van der Waals surface area contributed by atoms with Crippen molar-refractivity contribution >= 4 is 12.1 Å². The number of amides is 1. The summed E-state index contributed by atoms with van der Waals surface area (Å²) in [6, 6.07) is 12.3. The highest BCUT2D eigenvalue weighted by molar-refractivity contribution is 5.95. The number of carbonyl (C=O) groups excluding carboxylic acids is 1. The molecule has 0 radical (unpaired) electrons. The van der Waals surface area contributed by atoms with E-state index < -0.39 is 0 Å². The Morgan fingerprint density at radius 2 is 1.85 bits per heavy atom. The average molecular weight is 356 g/mol. The molecule has 0 atom stereocenters. The van der Waals surface area contributed by atoms with Gasteiger partial charge in [0.1, 0.15) is 5.75 Å². The molecular formula is C20H24N2O4. The molecule has 0 aliphatic carbocycles. The molecule has 2 rings (SSSR count). The van der Waals surface area contributed by atoms with E-state index >= 15 is 0 Å². The minimum atomic E-state index is -0.295. The van der Waals surface area contributed by atoms with E-state index in [9.17, 15) is 4.79 Å². The predicted molar refractivity (Wildman–Crippen MR) is 101 cm³/mol. The Morgan fingerprint density at radius 1 is 1.08 bits per heavy atom. The van der Waals surface area contributed by atoms with Crippen molar-refractivity contribution in [2.75, 3.05) is 20.8 Å². The summed E-state index contributed by atoms with van der Waals surface area (Å²) in [6.07, 6.45) is 3.59. The summed E-state index contributed by atoms with van der Waals surface area (Å²) in [5.41, 5.74) is 3.80. The van der Waals surface area contributed by atoms with Crippen LogP contribution in [0.4, 0.5) is 0 Å². The highest BCUT2D eigenvalue weighted by atomic mass is 16.5. The molecule has 2 aromatic carbocycles. The van der Waals surface area contributed by atoms with Gasteiger partial charge >= 0.3 is 0 Å². The molecule has 0 unspecified atom stereocenters. The number of methoxy groups -OCH3 is 2. The van der Waals surface area contributed by atoms with Gasteiger partial charge in [0.15, 0.2) is 11.5 Å². The first-order valence-corrected chi connectivity index (χ1v) is 8.46. The van der Waals surface area contributed by atoms with Crippen molar-refractivity contribution in [1.82, 2.24) is 5.43 Å². The van der Waals surface area contributed by atoms with Crippen LogP contribution in [0.25, 0.3) is 0 Å². The maximum atomic E-state index is 12.1. The van der Waals surface area contributed by atoms with Crippen molar-refractivity contribution in [3.05, 3.63) is 53.6 Å². The minimum Gasteiger partial charge on any atom is -0.497 e. The lowest BCUT2D eigenvalue weighted by atomic mass is 10.2. The maximum absolute atomic E-state index is 12.1. The van der Waals surface area contributed by atoms with E-state index in [4.69, 9.17) is 14.2 Å². The van der Waals surface area contributed by atoms with Crippen molar-refractivity contribution in [1.29, 1.82) is 0 Å². The second-order valence-electron chi connectivity index (χ2n) is 5.54. The lowest BCUT2D eigenvalue weighted by molar-refractivity contribution is 0.0955. The van der Waals surface area contributed by atoms with Crippen LogP contribution in [0, 0.1) is 0 Å². The number of nitrogens with zero attached hydrogens (tertiary/aromatic N) is 1. The van der Waals surface area contributed by atoms with Gasteiger partial charge in [-0.25, -0.2) is 5.43 Å². The van der Waals surface area contributed by atoms with E-state index in [1.807, 2.05) is 18.2 Å². The molecule has 2 aromatic rings. The second kappa shape index (κ2) is 10.1. The van der Waals surface area contributed by atoms with E-state index in [1.165, 1.54) is 0 Å². The summed E-state index contributed by atoms with van der Waals surface area (Å²) in [5, 5.41) is 4.00. The molecule has 1 N–H and O–H groups in total. The number of rotatable bonds is 9. The molecule has 0 fully saturated rings. The first-order chi connectivity index (χ1) is 12.7. The van der Waals surface area contributed by atoms with Crippen LogP contribution >= 0.6 is 0 Å². The Balaban J connectivity index is 1.99. The summed E-state index contributed by atoms with van der Waals surface area (Å²) in [5.74, 6) is 1.72. The Hall–Kier alpha value is -3.02. The summed E-state index contributed by atoms with van der Waals surface area (Å²) in [4.78, 5) is 12.1. The number of ether oxygens (including phenoxy) is 3. The van der Waals surface area contributed by atoms with Crippen molar-refractivity contribution < 1.29 is 19.0 Å². The van der Waals surface area contributed by atoms with E-state index in [0.29, 0.717) is 29.4 Å². The highest BCUT2D eigenvalue weighted by Gasteiger charge is 2.06. The third-order valence-corrected chi connectivity index (χ3v) is 3.68. The molecule has 0 aliphatic heterocycles. The van der Waals surface area contributed by atoms with Gasteiger partial charge in [0, 0.05) is 5.56 Å². The fourth-order valence-corrected chi connectivity index (χ4v) is 2.19. The lowest BCUT2D eigenvalue weighted by Gasteiger charge is -2.10. The number of unbranched alkanes of at least 4 members (excludes halogenated alkanes) is 1. The molecule has 6 nitrogen and oxygen atoms in total. The van der Waals surface area contributed by atoms with E-state index in [2.05, 4.69) is 17.5 Å². The normalized spacial score (nSPS) is 10.6. The van der Waals surface area contributed by atoms with Crippen LogP contribution in [-0.2, 0) is 0 Å². The van der Waals surface area contributed by atoms with Crippen LogP contribution in [0.2, 0.25) is 0 Å². The van der Waals surface area contributed by atoms with E-state index in [-0.39, 0.29) is 5.91 Å². The number of hydrogen-bond acceptors (Lipinski definition) is 5. The van der Waals surface area contributed by atoms with Crippen LogP contribution < -0.4 is 19.6 Å². The van der Waals surface area contributed by atoms with Crippen LogP contribution in [-0.4, -0.2) is 32.9 Å². The highest BCUT2D eigenvalue weighted by Crippen LogP contribution is 2.27. The molecule has 0 spiro atoms. The largest absolute Gasteiger partial charge is 0.497 e. The van der Waals surface area contributed by atoms with Crippen molar-refractivity contribution in [3.8, 4) is 17.2 Å². The zero-order chi connectivity index (χ0) is 18.8. The van der Waals surface area contributed by atoms with Crippen LogP contribution in [0.5, 0.6) is 17.2 Å². The molecule has 0 saturated carbocycles. The van der Waals surface area contributed by atoms with Crippen LogP contribution in [0.1, 0.15) is 35.7 Å². The molecule has 0 heterocycles. The van der Waals surface area contributed by atoms with Gasteiger partial charge in [-0.3, -0.25) is 4.79 Å². The molecule has 138 valence electrons. The molecule has 0 aliphatic rings. The molecule has 0 bridgehead atoms. The van der Waals surface area contributed by atoms with Crippen molar-refractivity contribution in [3.63, 3.8) is 0 Å². The second-order valence-corrected chi connectivity index (χ2v) is 5.54. The molecule has 6 heteroatoms. The molecule has 26 heavy (non-hydrogen) atoms. The van der Waals surface area contributed by atoms with Gasteiger partial charge in [-0.2, -0.15) is 5.10 Å². The first-order valence-electron chi connectivity index (χ1n) is 8.46. The quantitative estimate of drug-likeness (QED) is 0.423. The van der Waals surface area contributed by atoms with Gasteiger partial charge in [0.2, 0.25) is 0 Å². The van der Waals surface area contributed by atoms with E-state index in [0.717, 1.165) is 18.4 Å². The fourth-order valence-electron chi connectivity index (χ4n) is 2.19. The van der Waals surface area contributed by atoms with Gasteiger partial charge in [-0.15, -0.1) is 0 Å². The summed E-state index contributed by atoms with van der Waals surface area (Å²) >= 11 is 0.